The van der Waals surface area contributed by atoms with Gasteiger partial charge in [0.25, 0.3) is 0 Å². The van der Waals surface area contributed by atoms with E-state index in [-0.39, 0.29) is 17.9 Å². The molecule has 1 aromatic rings. The standard InChI is InChI=1S/C12H19N5O2/c1-16(2)12(19)17-7-4-9(5-8-17)11(18)14-10-3-6-13-15-10/h3,6,9H,4-5,7-8H2,1-2H3,(H2,13,14,15,18). The summed E-state index contributed by atoms with van der Waals surface area (Å²) in [5.74, 6) is 0.549. The molecule has 7 heteroatoms. The Kier molecular flexibility index (Phi) is 4.03. The summed E-state index contributed by atoms with van der Waals surface area (Å²) in [4.78, 5) is 27.1. The van der Waals surface area contributed by atoms with Crippen LogP contribution in [-0.2, 0) is 4.79 Å². The van der Waals surface area contributed by atoms with Crippen LogP contribution in [0.1, 0.15) is 12.8 Å². The largest absolute Gasteiger partial charge is 0.331 e. The zero-order valence-electron chi connectivity index (χ0n) is 11.2. The fourth-order valence-electron chi connectivity index (χ4n) is 2.18. The van der Waals surface area contributed by atoms with Crippen molar-refractivity contribution in [1.82, 2.24) is 20.0 Å². The van der Waals surface area contributed by atoms with Crippen LogP contribution in [-0.4, -0.2) is 59.1 Å². The second-order valence-electron chi connectivity index (χ2n) is 4.90. The normalized spacial score (nSPS) is 16.2. The summed E-state index contributed by atoms with van der Waals surface area (Å²) >= 11 is 0. The Morgan fingerprint density at radius 3 is 2.63 bits per heavy atom. The van der Waals surface area contributed by atoms with E-state index in [9.17, 15) is 9.59 Å². The van der Waals surface area contributed by atoms with E-state index in [4.69, 9.17) is 0 Å². The lowest BCUT2D eigenvalue weighted by molar-refractivity contribution is -0.121. The first kappa shape index (κ1) is 13.4. The van der Waals surface area contributed by atoms with Crippen molar-refractivity contribution in [2.24, 2.45) is 5.92 Å². The highest BCUT2D eigenvalue weighted by molar-refractivity contribution is 5.91. The molecule has 19 heavy (non-hydrogen) atoms. The number of amides is 3. The average molecular weight is 265 g/mol. The van der Waals surface area contributed by atoms with Crippen LogP contribution in [0.25, 0.3) is 0 Å². The number of carbonyl (C=O) groups is 2. The summed E-state index contributed by atoms with van der Waals surface area (Å²) in [6.07, 6.45) is 2.98. The van der Waals surface area contributed by atoms with Gasteiger partial charge in [-0.25, -0.2) is 4.79 Å². The van der Waals surface area contributed by atoms with Gasteiger partial charge in [0.05, 0.1) is 6.20 Å². The lowest BCUT2D eigenvalue weighted by Crippen LogP contribution is -2.45. The van der Waals surface area contributed by atoms with Crippen LogP contribution in [0.4, 0.5) is 10.6 Å². The van der Waals surface area contributed by atoms with Crippen molar-refractivity contribution in [3.05, 3.63) is 12.3 Å². The third-order valence-electron chi connectivity index (χ3n) is 3.28. The minimum atomic E-state index is -0.0467. The van der Waals surface area contributed by atoms with Gasteiger partial charge in [-0.2, -0.15) is 5.10 Å². The first-order valence-corrected chi connectivity index (χ1v) is 6.34. The van der Waals surface area contributed by atoms with Crippen LogP contribution in [0.3, 0.4) is 0 Å². The fraction of sp³-hybridized carbons (Fsp3) is 0.583. The van der Waals surface area contributed by atoms with Gasteiger partial charge >= 0.3 is 6.03 Å². The van der Waals surface area contributed by atoms with Gasteiger partial charge in [-0.3, -0.25) is 9.89 Å². The molecule has 1 aliphatic heterocycles. The molecule has 104 valence electrons. The highest BCUT2D eigenvalue weighted by Crippen LogP contribution is 2.19. The number of nitrogens with one attached hydrogen (secondary N) is 2. The molecule has 0 aromatic carbocycles. The number of aromatic amines is 1. The maximum atomic E-state index is 12.0. The van der Waals surface area contributed by atoms with Crippen LogP contribution >= 0.6 is 0 Å². The van der Waals surface area contributed by atoms with Crippen molar-refractivity contribution >= 4 is 17.8 Å². The molecule has 2 heterocycles. The molecule has 2 rings (SSSR count). The molecule has 1 aromatic heterocycles. The van der Waals surface area contributed by atoms with E-state index in [2.05, 4.69) is 15.5 Å². The second-order valence-corrected chi connectivity index (χ2v) is 4.90. The number of hydrogen-bond donors (Lipinski definition) is 2. The maximum absolute atomic E-state index is 12.0. The van der Waals surface area contributed by atoms with E-state index < -0.39 is 0 Å². The Morgan fingerprint density at radius 2 is 2.11 bits per heavy atom. The van der Waals surface area contributed by atoms with Crippen LogP contribution in [0.15, 0.2) is 12.3 Å². The number of nitrogens with zero attached hydrogens (tertiary/aromatic N) is 3. The number of rotatable bonds is 2. The first-order valence-electron chi connectivity index (χ1n) is 6.34. The highest BCUT2D eigenvalue weighted by atomic mass is 16.2. The van der Waals surface area contributed by atoms with Gasteiger partial charge in [0, 0.05) is 39.2 Å². The van der Waals surface area contributed by atoms with E-state index in [1.807, 2.05) is 0 Å². The van der Waals surface area contributed by atoms with Crippen molar-refractivity contribution < 1.29 is 9.59 Å². The molecule has 0 unspecified atom stereocenters. The topological polar surface area (TPSA) is 81.3 Å². The van der Waals surface area contributed by atoms with E-state index in [0.717, 1.165) is 0 Å². The molecule has 1 saturated heterocycles. The van der Waals surface area contributed by atoms with Crippen LogP contribution in [0, 0.1) is 5.92 Å². The number of aromatic nitrogens is 2. The number of urea groups is 1. The number of H-pyrrole nitrogens is 1. The van der Waals surface area contributed by atoms with Gasteiger partial charge in [0.1, 0.15) is 5.82 Å². The lowest BCUT2D eigenvalue weighted by Gasteiger charge is -2.32. The van der Waals surface area contributed by atoms with Crippen molar-refractivity contribution in [3.63, 3.8) is 0 Å². The molecule has 3 amide bonds. The first-order chi connectivity index (χ1) is 9.08. The molecule has 2 N–H and O–H groups in total. The number of likely N-dealkylation sites (tertiary alicyclic amines) is 1. The fourth-order valence-corrected chi connectivity index (χ4v) is 2.18. The van der Waals surface area contributed by atoms with Crippen molar-refractivity contribution in [2.75, 3.05) is 32.5 Å². The minimum absolute atomic E-state index is 0.00688. The number of piperidine rings is 1. The molecule has 0 aliphatic carbocycles. The van der Waals surface area contributed by atoms with Crippen LogP contribution in [0.2, 0.25) is 0 Å². The Morgan fingerprint density at radius 1 is 1.42 bits per heavy atom. The summed E-state index contributed by atoms with van der Waals surface area (Å²) in [6, 6.07) is 1.72. The summed E-state index contributed by atoms with van der Waals surface area (Å²) in [7, 11) is 3.47. The quantitative estimate of drug-likeness (QED) is 0.827. The number of hydrogen-bond acceptors (Lipinski definition) is 3. The molecule has 0 bridgehead atoms. The molecule has 1 fully saturated rings. The van der Waals surface area contributed by atoms with E-state index in [0.29, 0.717) is 31.7 Å². The van der Waals surface area contributed by atoms with E-state index >= 15 is 0 Å². The molecular weight excluding hydrogens is 246 g/mol. The number of anilines is 1. The molecule has 0 saturated carbocycles. The lowest BCUT2D eigenvalue weighted by atomic mass is 9.96. The van der Waals surface area contributed by atoms with Gasteiger partial charge in [-0.1, -0.05) is 0 Å². The van der Waals surface area contributed by atoms with Gasteiger partial charge in [0.15, 0.2) is 0 Å². The van der Waals surface area contributed by atoms with E-state index in [1.54, 1.807) is 36.2 Å². The highest BCUT2D eigenvalue weighted by Gasteiger charge is 2.28. The predicted octanol–water partition coefficient (Wildman–Crippen LogP) is 0.742. The molecule has 0 spiro atoms. The Bertz CT molecular complexity index is 435. The maximum Gasteiger partial charge on any atom is 0.319 e. The molecule has 7 nitrogen and oxygen atoms in total. The third-order valence-corrected chi connectivity index (χ3v) is 3.28. The zero-order chi connectivity index (χ0) is 13.8. The van der Waals surface area contributed by atoms with Crippen molar-refractivity contribution in [1.29, 1.82) is 0 Å². The minimum Gasteiger partial charge on any atom is -0.331 e. The van der Waals surface area contributed by atoms with Gasteiger partial charge < -0.3 is 15.1 Å². The zero-order valence-corrected chi connectivity index (χ0v) is 11.2. The molecular formula is C12H19N5O2. The Labute approximate surface area is 111 Å². The average Bonchev–Trinajstić information content (AvgIpc) is 2.90. The van der Waals surface area contributed by atoms with Crippen molar-refractivity contribution in [2.45, 2.75) is 12.8 Å². The van der Waals surface area contributed by atoms with Crippen LogP contribution in [0.5, 0.6) is 0 Å². The molecule has 1 aliphatic rings. The van der Waals surface area contributed by atoms with Gasteiger partial charge in [-0.05, 0) is 12.8 Å². The van der Waals surface area contributed by atoms with Crippen molar-refractivity contribution in [3.8, 4) is 0 Å². The molecule has 0 radical (unpaired) electrons. The second kappa shape index (κ2) is 5.73. The number of carbonyl (C=O) groups excluding carboxylic acids is 2. The smallest absolute Gasteiger partial charge is 0.319 e. The summed E-state index contributed by atoms with van der Waals surface area (Å²) in [5.41, 5.74) is 0. The third kappa shape index (κ3) is 3.24. The summed E-state index contributed by atoms with van der Waals surface area (Å²) < 4.78 is 0. The van der Waals surface area contributed by atoms with Gasteiger partial charge in [-0.15, -0.1) is 0 Å². The van der Waals surface area contributed by atoms with E-state index in [1.165, 1.54) is 0 Å². The van der Waals surface area contributed by atoms with Gasteiger partial charge in [0.2, 0.25) is 5.91 Å². The SMILES string of the molecule is CN(C)C(=O)N1CCC(C(=O)Nc2ccn[nH]2)CC1. The molecule has 0 atom stereocenters. The Balaban J connectivity index is 1.83. The predicted molar refractivity (Wildman–Crippen MR) is 70.6 cm³/mol. The monoisotopic (exact) mass is 265 g/mol. The summed E-state index contributed by atoms with van der Waals surface area (Å²) in [6.45, 7) is 1.25. The summed E-state index contributed by atoms with van der Waals surface area (Å²) in [5, 5.41) is 9.26. The van der Waals surface area contributed by atoms with Crippen LogP contribution < -0.4 is 5.32 Å². The Hall–Kier alpha value is -2.05.